The molecule has 0 aliphatic rings. The molecule has 7 nitrogen and oxygen atoms in total. The third-order valence-corrected chi connectivity index (χ3v) is 4.81. The molecule has 5 aromatic rings. The van der Waals surface area contributed by atoms with Crippen LogP contribution in [0.3, 0.4) is 0 Å². The number of pyridine rings is 2. The molecule has 8 heteroatoms. The second-order valence-corrected chi connectivity index (χ2v) is 6.78. The summed E-state index contributed by atoms with van der Waals surface area (Å²) in [5.74, 6) is 0.170. The van der Waals surface area contributed by atoms with Gasteiger partial charge in [0.2, 0.25) is 0 Å². The predicted molar refractivity (Wildman–Crippen MR) is 110 cm³/mol. The molecule has 0 saturated carbocycles. The fourth-order valence-corrected chi connectivity index (χ4v) is 3.40. The van der Waals surface area contributed by atoms with Crippen LogP contribution in [0.2, 0.25) is 0 Å². The van der Waals surface area contributed by atoms with Crippen molar-refractivity contribution in [2.75, 3.05) is 6.54 Å². The zero-order valence-electron chi connectivity index (χ0n) is 15.7. The summed E-state index contributed by atoms with van der Waals surface area (Å²) in [7, 11) is 0. The topological polar surface area (TPSA) is 95.2 Å². The first-order valence-electron chi connectivity index (χ1n) is 9.36. The van der Waals surface area contributed by atoms with E-state index in [4.69, 9.17) is 0 Å². The number of fused-ring (bicyclic) bond motifs is 2. The van der Waals surface area contributed by atoms with Crippen LogP contribution in [-0.2, 0) is 6.54 Å². The highest BCUT2D eigenvalue weighted by atomic mass is 19.1. The molecule has 0 spiro atoms. The van der Waals surface area contributed by atoms with E-state index in [0.717, 1.165) is 28.8 Å². The molecular weight excluding hydrogens is 369 g/mol. The van der Waals surface area contributed by atoms with Crippen molar-refractivity contribution in [3.63, 3.8) is 0 Å². The summed E-state index contributed by atoms with van der Waals surface area (Å²) in [5.41, 5.74) is 4.92. The van der Waals surface area contributed by atoms with Gasteiger partial charge in [-0.05, 0) is 48.0 Å². The lowest BCUT2D eigenvalue weighted by molar-refractivity contribution is 0.636. The SMILES string of the molecule is CCNCc1cncc(-c2cc(F)c3n[nH]c(-c4nc5ncccc5[nH]4)c3c2)c1. The third kappa shape index (κ3) is 3.13. The molecule has 0 radical (unpaired) electrons. The molecule has 144 valence electrons. The number of benzene rings is 1. The number of hydrogen-bond donors (Lipinski definition) is 3. The molecule has 29 heavy (non-hydrogen) atoms. The van der Waals surface area contributed by atoms with E-state index >= 15 is 0 Å². The Labute approximate surface area is 165 Å². The Morgan fingerprint density at radius 3 is 2.93 bits per heavy atom. The number of halogens is 1. The maximum absolute atomic E-state index is 14.8. The molecule has 1 aromatic carbocycles. The first-order valence-corrected chi connectivity index (χ1v) is 9.36. The van der Waals surface area contributed by atoms with Crippen molar-refractivity contribution in [2.45, 2.75) is 13.5 Å². The minimum Gasteiger partial charge on any atom is -0.335 e. The Morgan fingerprint density at radius 1 is 1.14 bits per heavy atom. The molecule has 0 saturated heterocycles. The minimum atomic E-state index is -0.397. The lowest BCUT2D eigenvalue weighted by Crippen LogP contribution is -2.11. The summed E-state index contributed by atoms with van der Waals surface area (Å²) in [5, 5.41) is 11.0. The largest absolute Gasteiger partial charge is 0.335 e. The average molecular weight is 387 g/mol. The zero-order valence-corrected chi connectivity index (χ0v) is 15.7. The highest BCUT2D eigenvalue weighted by Crippen LogP contribution is 2.32. The summed E-state index contributed by atoms with van der Waals surface area (Å²) in [6.45, 7) is 3.63. The Kier molecular flexibility index (Phi) is 4.25. The number of aromatic amines is 2. The molecule has 4 heterocycles. The molecule has 0 aliphatic heterocycles. The van der Waals surface area contributed by atoms with Crippen molar-refractivity contribution in [3.05, 3.63) is 60.3 Å². The quantitative estimate of drug-likeness (QED) is 0.426. The van der Waals surface area contributed by atoms with Crippen LogP contribution in [0.15, 0.2) is 48.9 Å². The van der Waals surface area contributed by atoms with Gasteiger partial charge in [-0.2, -0.15) is 5.10 Å². The van der Waals surface area contributed by atoms with E-state index in [9.17, 15) is 4.39 Å². The number of H-pyrrole nitrogens is 2. The highest BCUT2D eigenvalue weighted by molar-refractivity contribution is 5.95. The normalized spacial score (nSPS) is 11.5. The Bertz CT molecular complexity index is 1290. The van der Waals surface area contributed by atoms with Gasteiger partial charge in [0, 0.05) is 36.1 Å². The number of nitrogens with one attached hydrogen (secondary N) is 3. The van der Waals surface area contributed by atoms with Crippen LogP contribution < -0.4 is 5.32 Å². The van der Waals surface area contributed by atoms with Crippen molar-refractivity contribution < 1.29 is 4.39 Å². The maximum atomic E-state index is 14.8. The lowest BCUT2D eigenvalue weighted by atomic mass is 10.0. The minimum absolute atomic E-state index is 0.272. The second kappa shape index (κ2) is 7.06. The number of imidazole rings is 1. The highest BCUT2D eigenvalue weighted by Gasteiger charge is 2.17. The van der Waals surface area contributed by atoms with Crippen molar-refractivity contribution in [1.82, 2.24) is 35.5 Å². The standard InChI is InChI=1S/C21H18FN7/c1-2-23-9-12-6-14(11-24-10-12)13-7-15-18(16(22)8-13)28-29-19(15)21-26-17-4-3-5-25-20(17)27-21/h3-8,10-11,23H,2,9H2,1H3,(H,28,29)(H,25,26,27). The van der Waals surface area contributed by atoms with Gasteiger partial charge in [-0.25, -0.2) is 14.4 Å². The van der Waals surface area contributed by atoms with Crippen LogP contribution >= 0.6 is 0 Å². The first-order chi connectivity index (χ1) is 14.2. The maximum Gasteiger partial charge on any atom is 0.178 e. The molecular formula is C21H18FN7. The van der Waals surface area contributed by atoms with Crippen LogP contribution in [0.5, 0.6) is 0 Å². The zero-order chi connectivity index (χ0) is 19.8. The molecule has 0 fully saturated rings. The summed E-state index contributed by atoms with van der Waals surface area (Å²) in [6.07, 6.45) is 5.23. The van der Waals surface area contributed by atoms with E-state index in [1.54, 1.807) is 12.4 Å². The van der Waals surface area contributed by atoms with Crippen LogP contribution in [0.1, 0.15) is 12.5 Å². The van der Waals surface area contributed by atoms with Crippen molar-refractivity contribution >= 4 is 22.1 Å². The Hall–Kier alpha value is -3.65. The smallest absolute Gasteiger partial charge is 0.178 e. The number of hydrogen-bond acceptors (Lipinski definition) is 5. The Morgan fingerprint density at radius 2 is 2.07 bits per heavy atom. The van der Waals surface area contributed by atoms with E-state index in [0.29, 0.717) is 29.1 Å². The lowest BCUT2D eigenvalue weighted by Gasteiger charge is -2.06. The molecule has 0 aliphatic carbocycles. The molecule has 0 atom stereocenters. The summed E-state index contributed by atoms with van der Waals surface area (Å²) >= 11 is 0. The summed E-state index contributed by atoms with van der Waals surface area (Å²) in [4.78, 5) is 16.3. The average Bonchev–Trinajstić information content (AvgIpc) is 3.36. The van der Waals surface area contributed by atoms with E-state index in [-0.39, 0.29) is 5.52 Å². The van der Waals surface area contributed by atoms with Crippen LogP contribution in [0, 0.1) is 5.82 Å². The molecule has 5 rings (SSSR count). The number of nitrogens with zero attached hydrogens (tertiary/aromatic N) is 4. The van der Waals surface area contributed by atoms with Crippen molar-refractivity contribution in [1.29, 1.82) is 0 Å². The molecule has 0 bridgehead atoms. The number of aromatic nitrogens is 6. The van der Waals surface area contributed by atoms with Crippen LogP contribution in [0.25, 0.3) is 44.7 Å². The van der Waals surface area contributed by atoms with Gasteiger partial charge in [-0.1, -0.05) is 6.92 Å². The molecule has 3 N–H and O–H groups in total. The van der Waals surface area contributed by atoms with Crippen LogP contribution in [0.4, 0.5) is 4.39 Å². The number of rotatable bonds is 5. The van der Waals surface area contributed by atoms with E-state index in [1.165, 1.54) is 6.07 Å². The predicted octanol–water partition coefficient (Wildman–Crippen LogP) is 3.81. The van der Waals surface area contributed by atoms with E-state index in [1.807, 2.05) is 30.5 Å². The first kappa shape index (κ1) is 17.4. The molecule has 0 unspecified atom stereocenters. The van der Waals surface area contributed by atoms with Gasteiger partial charge in [-0.15, -0.1) is 0 Å². The fourth-order valence-electron chi connectivity index (χ4n) is 3.40. The molecule has 4 aromatic heterocycles. The van der Waals surface area contributed by atoms with Crippen molar-refractivity contribution in [3.8, 4) is 22.6 Å². The van der Waals surface area contributed by atoms with Gasteiger partial charge in [0.15, 0.2) is 17.3 Å². The monoisotopic (exact) mass is 387 g/mol. The van der Waals surface area contributed by atoms with Crippen molar-refractivity contribution in [2.24, 2.45) is 0 Å². The summed E-state index contributed by atoms with van der Waals surface area (Å²) < 4.78 is 14.8. The Balaban J connectivity index is 1.63. The van der Waals surface area contributed by atoms with E-state index in [2.05, 4.69) is 42.4 Å². The van der Waals surface area contributed by atoms with Gasteiger partial charge in [0.1, 0.15) is 11.2 Å². The molecule has 0 amide bonds. The van der Waals surface area contributed by atoms with Gasteiger partial charge in [-0.3, -0.25) is 10.1 Å². The van der Waals surface area contributed by atoms with Gasteiger partial charge >= 0.3 is 0 Å². The van der Waals surface area contributed by atoms with E-state index < -0.39 is 5.82 Å². The fraction of sp³-hybridized carbons (Fsp3) is 0.143. The second-order valence-electron chi connectivity index (χ2n) is 6.78. The van der Waals surface area contributed by atoms with Gasteiger partial charge in [0.25, 0.3) is 0 Å². The summed E-state index contributed by atoms with van der Waals surface area (Å²) in [6, 6.07) is 9.14. The van der Waals surface area contributed by atoms with Crippen LogP contribution in [-0.4, -0.2) is 36.7 Å². The third-order valence-electron chi connectivity index (χ3n) is 4.81. The van der Waals surface area contributed by atoms with Gasteiger partial charge < -0.3 is 10.3 Å². The van der Waals surface area contributed by atoms with Gasteiger partial charge in [0.05, 0.1) is 5.52 Å².